The lowest BCUT2D eigenvalue weighted by atomic mass is 10.0. The normalized spacial score (nSPS) is 21.5. The van der Waals surface area contributed by atoms with Crippen molar-refractivity contribution in [3.63, 3.8) is 0 Å². The molecule has 1 saturated heterocycles. The molecule has 3 N–H and O–H groups in total. The number of ether oxygens (including phenoxy) is 3. The molecule has 5 rings (SSSR count). The second kappa shape index (κ2) is 10.0. The van der Waals surface area contributed by atoms with Crippen LogP contribution in [0.5, 0.6) is 0 Å². The average molecular weight is 540 g/mol. The van der Waals surface area contributed by atoms with Gasteiger partial charge in [-0.05, 0) is 35.0 Å². The fourth-order valence-corrected chi connectivity index (χ4v) is 5.66. The molecule has 0 radical (unpaired) electrons. The van der Waals surface area contributed by atoms with E-state index in [0.29, 0.717) is 11.2 Å². The molecule has 1 aliphatic rings. The van der Waals surface area contributed by atoms with Crippen molar-refractivity contribution in [2.45, 2.75) is 43.2 Å². The molecule has 0 spiro atoms. The van der Waals surface area contributed by atoms with Gasteiger partial charge in [-0.1, -0.05) is 30.3 Å². The summed E-state index contributed by atoms with van der Waals surface area (Å²) in [6.07, 6.45) is -2.87. The molecular formula is C25H25N5O7S. The first-order valence-electron chi connectivity index (χ1n) is 11.7. The second-order valence-electron chi connectivity index (χ2n) is 8.80. The first-order chi connectivity index (χ1) is 18.1. The standard InChI is InChI=1S/C25H25N5O7S/c1-14(31)35-23-21(12-29-38(33,34)18-8-7-16-5-3-4-6-17(16)11-18)37-22(24(23)36-15(2)32)19-9-10-20-25(26)27-13-28-30(19)20/h3-11,13,21-24,29H,12H2,1-2H3,(H2,26,27,28)/t21-,22+,23-,24+/m1/s1. The molecule has 4 aromatic rings. The first-order valence-corrected chi connectivity index (χ1v) is 13.2. The zero-order valence-electron chi connectivity index (χ0n) is 20.5. The van der Waals surface area contributed by atoms with Gasteiger partial charge in [-0.25, -0.2) is 22.6 Å². The van der Waals surface area contributed by atoms with E-state index in [0.717, 1.165) is 10.8 Å². The second-order valence-corrected chi connectivity index (χ2v) is 10.6. The number of nitrogen functional groups attached to an aromatic ring is 1. The molecule has 0 aliphatic carbocycles. The highest BCUT2D eigenvalue weighted by Crippen LogP contribution is 2.38. The zero-order valence-corrected chi connectivity index (χ0v) is 21.3. The summed E-state index contributed by atoms with van der Waals surface area (Å²) < 4.78 is 47.5. The Bertz CT molecular complexity index is 1640. The van der Waals surface area contributed by atoms with E-state index in [2.05, 4.69) is 14.8 Å². The number of rotatable bonds is 7. The van der Waals surface area contributed by atoms with Crippen molar-refractivity contribution < 1.29 is 32.2 Å². The van der Waals surface area contributed by atoms with Crippen LogP contribution in [0, 0.1) is 0 Å². The molecule has 198 valence electrons. The molecule has 0 bridgehead atoms. The third-order valence-corrected chi connectivity index (χ3v) is 7.64. The molecule has 4 atom stereocenters. The summed E-state index contributed by atoms with van der Waals surface area (Å²) in [5.41, 5.74) is 6.90. The number of fused-ring (bicyclic) bond motifs is 2. The monoisotopic (exact) mass is 539 g/mol. The Morgan fingerprint density at radius 2 is 1.74 bits per heavy atom. The summed E-state index contributed by atoms with van der Waals surface area (Å²) in [6, 6.07) is 15.5. The topological polar surface area (TPSA) is 164 Å². The molecular weight excluding hydrogens is 514 g/mol. The maximum absolute atomic E-state index is 13.1. The number of hydrogen-bond acceptors (Lipinski definition) is 10. The van der Waals surface area contributed by atoms with Gasteiger partial charge in [0.05, 0.1) is 10.6 Å². The molecule has 2 aromatic carbocycles. The van der Waals surface area contributed by atoms with Gasteiger partial charge in [0.2, 0.25) is 10.0 Å². The van der Waals surface area contributed by atoms with E-state index >= 15 is 0 Å². The molecule has 0 unspecified atom stereocenters. The van der Waals surface area contributed by atoms with Crippen molar-refractivity contribution in [3.05, 3.63) is 66.6 Å². The van der Waals surface area contributed by atoms with E-state index in [4.69, 9.17) is 19.9 Å². The smallest absolute Gasteiger partial charge is 0.303 e. The fraction of sp³-hybridized carbons (Fsp3) is 0.280. The Morgan fingerprint density at radius 1 is 1.03 bits per heavy atom. The lowest BCUT2D eigenvalue weighted by Gasteiger charge is -2.23. The third-order valence-electron chi connectivity index (χ3n) is 6.22. The minimum absolute atomic E-state index is 0.0658. The summed E-state index contributed by atoms with van der Waals surface area (Å²) in [6.45, 7) is 2.16. The van der Waals surface area contributed by atoms with Crippen LogP contribution in [-0.2, 0) is 33.8 Å². The lowest BCUT2D eigenvalue weighted by Crippen LogP contribution is -2.43. The van der Waals surface area contributed by atoms with Crippen molar-refractivity contribution in [2.24, 2.45) is 0 Å². The number of benzene rings is 2. The van der Waals surface area contributed by atoms with Crippen molar-refractivity contribution >= 4 is 44.1 Å². The van der Waals surface area contributed by atoms with E-state index in [1.807, 2.05) is 24.3 Å². The van der Waals surface area contributed by atoms with Crippen molar-refractivity contribution in [3.8, 4) is 0 Å². The number of anilines is 1. The first kappa shape index (κ1) is 25.6. The van der Waals surface area contributed by atoms with Gasteiger partial charge in [-0.15, -0.1) is 0 Å². The Kier molecular flexibility index (Phi) is 6.73. The molecule has 2 aromatic heterocycles. The van der Waals surface area contributed by atoms with Crippen LogP contribution in [0.1, 0.15) is 25.6 Å². The van der Waals surface area contributed by atoms with Gasteiger partial charge >= 0.3 is 11.9 Å². The van der Waals surface area contributed by atoms with Crippen molar-refractivity contribution in [1.82, 2.24) is 19.3 Å². The quantitative estimate of drug-likeness (QED) is 0.331. The molecule has 1 fully saturated rings. The van der Waals surface area contributed by atoms with E-state index in [1.54, 1.807) is 24.3 Å². The maximum Gasteiger partial charge on any atom is 0.303 e. The van der Waals surface area contributed by atoms with Gasteiger partial charge in [0.15, 0.2) is 18.0 Å². The largest absolute Gasteiger partial charge is 0.456 e. The number of aromatic nitrogens is 3. The number of esters is 2. The summed E-state index contributed by atoms with van der Waals surface area (Å²) in [5.74, 6) is -1.05. The van der Waals surface area contributed by atoms with Crippen molar-refractivity contribution in [1.29, 1.82) is 0 Å². The maximum atomic E-state index is 13.1. The lowest BCUT2D eigenvalue weighted by molar-refractivity contribution is -0.164. The van der Waals surface area contributed by atoms with Gasteiger partial charge in [-0.2, -0.15) is 5.10 Å². The number of nitrogens with two attached hydrogens (primary N) is 1. The van der Waals surface area contributed by atoms with Gasteiger partial charge in [-0.3, -0.25) is 9.59 Å². The Morgan fingerprint density at radius 3 is 2.47 bits per heavy atom. The van der Waals surface area contributed by atoms with Gasteiger partial charge in [0.25, 0.3) is 0 Å². The average Bonchev–Trinajstić information content (AvgIpc) is 3.44. The van der Waals surface area contributed by atoms with Crippen LogP contribution in [0.2, 0.25) is 0 Å². The highest BCUT2D eigenvalue weighted by Gasteiger charge is 2.51. The van der Waals surface area contributed by atoms with Crippen LogP contribution >= 0.6 is 0 Å². The third kappa shape index (κ3) is 4.90. The van der Waals surface area contributed by atoms with Crippen LogP contribution < -0.4 is 10.5 Å². The predicted molar refractivity (Wildman–Crippen MR) is 135 cm³/mol. The summed E-state index contributed by atoms with van der Waals surface area (Å²) in [4.78, 5) is 28.0. The highest BCUT2D eigenvalue weighted by atomic mass is 32.2. The fourth-order valence-electron chi connectivity index (χ4n) is 4.58. The molecule has 13 heteroatoms. The highest BCUT2D eigenvalue weighted by molar-refractivity contribution is 7.89. The van der Waals surface area contributed by atoms with Gasteiger partial charge < -0.3 is 19.9 Å². The summed E-state index contributed by atoms with van der Waals surface area (Å²) in [7, 11) is -3.96. The predicted octanol–water partition coefficient (Wildman–Crippen LogP) is 1.75. The number of carbonyl (C=O) groups is 2. The van der Waals surface area contributed by atoms with Crippen molar-refractivity contribution in [2.75, 3.05) is 12.3 Å². The number of carbonyl (C=O) groups excluding carboxylic acids is 2. The Hall–Kier alpha value is -4.07. The van der Waals surface area contributed by atoms with Gasteiger partial charge in [0.1, 0.15) is 24.1 Å². The molecule has 1 aliphatic heterocycles. The van der Waals surface area contributed by atoms with Crippen LogP contribution in [-0.4, -0.2) is 59.8 Å². The van der Waals surface area contributed by atoms with E-state index in [1.165, 1.54) is 30.8 Å². The molecule has 0 saturated carbocycles. The van der Waals surface area contributed by atoms with Crippen LogP contribution in [0.3, 0.4) is 0 Å². The molecule has 0 amide bonds. The van der Waals surface area contributed by atoms with E-state index < -0.39 is 46.4 Å². The number of sulfonamides is 1. The minimum Gasteiger partial charge on any atom is -0.456 e. The van der Waals surface area contributed by atoms with E-state index in [-0.39, 0.29) is 17.3 Å². The van der Waals surface area contributed by atoms with Crippen LogP contribution in [0.4, 0.5) is 5.82 Å². The number of hydrogen-bond donors (Lipinski definition) is 2. The number of nitrogens with zero attached hydrogens (tertiary/aromatic N) is 3. The van der Waals surface area contributed by atoms with Gasteiger partial charge in [0, 0.05) is 20.4 Å². The van der Waals surface area contributed by atoms with Crippen LogP contribution in [0.15, 0.2) is 65.8 Å². The number of nitrogens with one attached hydrogen (secondary N) is 1. The summed E-state index contributed by atoms with van der Waals surface area (Å²) in [5, 5.41) is 5.87. The zero-order chi connectivity index (χ0) is 27.0. The molecule has 3 heterocycles. The Labute approximate surface area is 217 Å². The van der Waals surface area contributed by atoms with E-state index in [9.17, 15) is 18.0 Å². The SMILES string of the molecule is CC(=O)O[C@@H]1[C@H](OC(C)=O)[C@@H](CNS(=O)(=O)c2ccc3ccccc3c2)O[C@H]1c1ccc2c(N)ncnn12. The molecule has 12 nitrogen and oxygen atoms in total. The minimum atomic E-state index is -3.96. The summed E-state index contributed by atoms with van der Waals surface area (Å²) >= 11 is 0. The molecule has 38 heavy (non-hydrogen) atoms. The van der Waals surface area contributed by atoms with Crippen LogP contribution in [0.25, 0.3) is 16.3 Å². The Balaban J connectivity index is 1.46.